The molecule has 2 aromatic heterocycles. The van der Waals surface area contributed by atoms with Crippen LogP contribution in [0.4, 0.5) is 0 Å². The highest BCUT2D eigenvalue weighted by atomic mass is 32.2. The van der Waals surface area contributed by atoms with E-state index in [2.05, 4.69) is 41.4 Å². The summed E-state index contributed by atoms with van der Waals surface area (Å²) in [5.74, 6) is 2.76. The maximum absolute atomic E-state index is 4.86. The molecule has 0 unspecified atom stereocenters. The van der Waals surface area contributed by atoms with Crippen molar-refractivity contribution >= 4 is 28.2 Å². The zero-order valence-corrected chi connectivity index (χ0v) is 13.6. The minimum absolute atomic E-state index is 0.817. The van der Waals surface area contributed by atoms with E-state index in [0.717, 1.165) is 45.0 Å². The van der Waals surface area contributed by atoms with Gasteiger partial charge in [-0.25, -0.2) is 0 Å². The van der Waals surface area contributed by atoms with Crippen molar-refractivity contribution < 1.29 is 0 Å². The summed E-state index contributed by atoms with van der Waals surface area (Å²) in [4.78, 5) is 0. The summed E-state index contributed by atoms with van der Waals surface area (Å²) in [5.41, 5.74) is 2.90. The Labute approximate surface area is 138 Å². The van der Waals surface area contributed by atoms with Crippen molar-refractivity contribution in [2.45, 2.75) is 12.7 Å². The Bertz CT molecular complexity index is 963. The van der Waals surface area contributed by atoms with E-state index in [1.54, 1.807) is 0 Å². The molecule has 0 aliphatic heterocycles. The molecule has 0 spiro atoms. The lowest BCUT2D eigenvalue weighted by atomic mass is 10.1. The van der Waals surface area contributed by atoms with Crippen molar-refractivity contribution in [3.63, 3.8) is 0 Å². The average Bonchev–Trinajstić information content (AvgIpc) is 3.03. The SMILES string of the molecule is CCSCc1nnc2c3ccccc3c(-c3ccccc3)nn12. The first-order valence-corrected chi connectivity index (χ1v) is 8.80. The Kier molecular flexibility index (Phi) is 3.71. The van der Waals surface area contributed by atoms with Gasteiger partial charge in [0.15, 0.2) is 11.5 Å². The molecule has 5 heteroatoms. The quantitative estimate of drug-likeness (QED) is 0.565. The molecule has 2 heterocycles. The van der Waals surface area contributed by atoms with Crippen molar-refractivity contribution in [2.75, 3.05) is 5.75 Å². The molecule has 23 heavy (non-hydrogen) atoms. The number of nitrogens with zero attached hydrogens (tertiary/aromatic N) is 4. The molecule has 0 saturated carbocycles. The van der Waals surface area contributed by atoms with Crippen LogP contribution in [-0.2, 0) is 5.75 Å². The van der Waals surface area contributed by atoms with Crippen molar-refractivity contribution in [3.05, 3.63) is 60.4 Å². The van der Waals surface area contributed by atoms with Gasteiger partial charge < -0.3 is 0 Å². The van der Waals surface area contributed by atoms with Gasteiger partial charge in [0.25, 0.3) is 0 Å². The van der Waals surface area contributed by atoms with Crippen LogP contribution in [0, 0.1) is 0 Å². The Morgan fingerprint density at radius 2 is 1.65 bits per heavy atom. The fourth-order valence-corrected chi connectivity index (χ4v) is 3.28. The fourth-order valence-electron chi connectivity index (χ4n) is 2.72. The molecule has 4 aromatic rings. The van der Waals surface area contributed by atoms with Crippen LogP contribution in [0.1, 0.15) is 12.7 Å². The van der Waals surface area contributed by atoms with Crippen LogP contribution in [0.2, 0.25) is 0 Å². The lowest BCUT2D eigenvalue weighted by Gasteiger charge is -2.08. The predicted molar refractivity (Wildman–Crippen MR) is 95.6 cm³/mol. The third-order valence-corrected chi connectivity index (χ3v) is 4.68. The Morgan fingerprint density at radius 1 is 0.913 bits per heavy atom. The number of hydrogen-bond acceptors (Lipinski definition) is 4. The molecule has 0 aliphatic rings. The topological polar surface area (TPSA) is 43.1 Å². The van der Waals surface area contributed by atoms with Gasteiger partial charge in [-0.2, -0.15) is 21.4 Å². The van der Waals surface area contributed by atoms with Gasteiger partial charge in [-0.15, -0.1) is 10.2 Å². The monoisotopic (exact) mass is 320 g/mol. The molecule has 0 N–H and O–H groups in total. The van der Waals surface area contributed by atoms with E-state index in [0.29, 0.717) is 0 Å². The van der Waals surface area contributed by atoms with Gasteiger partial charge >= 0.3 is 0 Å². The summed E-state index contributed by atoms with van der Waals surface area (Å²) in [5, 5.41) is 15.8. The molecule has 2 aromatic carbocycles. The van der Waals surface area contributed by atoms with Crippen LogP contribution in [0.25, 0.3) is 27.7 Å². The molecule has 0 aliphatic carbocycles. The van der Waals surface area contributed by atoms with Gasteiger partial charge in [0, 0.05) is 16.3 Å². The smallest absolute Gasteiger partial charge is 0.185 e. The molecular weight excluding hydrogens is 304 g/mol. The van der Waals surface area contributed by atoms with Crippen molar-refractivity contribution in [3.8, 4) is 11.3 Å². The van der Waals surface area contributed by atoms with E-state index in [9.17, 15) is 0 Å². The van der Waals surface area contributed by atoms with Gasteiger partial charge in [-0.05, 0) is 5.75 Å². The van der Waals surface area contributed by atoms with E-state index >= 15 is 0 Å². The lowest BCUT2D eigenvalue weighted by molar-refractivity contribution is 0.876. The number of thioether (sulfide) groups is 1. The summed E-state index contributed by atoms with van der Waals surface area (Å²) in [6.45, 7) is 2.14. The second kappa shape index (κ2) is 6.01. The van der Waals surface area contributed by atoms with Crippen LogP contribution in [-0.4, -0.2) is 25.6 Å². The van der Waals surface area contributed by atoms with Crippen LogP contribution >= 0.6 is 11.8 Å². The highest BCUT2D eigenvalue weighted by molar-refractivity contribution is 7.98. The Morgan fingerprint density at radius 3 is 2.43 bits per heavy atom. The van der Waals surface area contributed by atoms with E-state index in [-0.39, 0.29) is 0 Å². The highest BCUT2D eigenvalue weighted by Gasteiger charge is 2.14. The van der Waals surface area contributed by atoms with E-state index in [1.165, 1.54) is 0 Å². The number of hydrogen-bond donors (Lipinski definition) is 0. The molecule has 0 bridgehead atoms. The Hall–Kier alpha value is -2.40. The average molecular weight is 320 g/mol. The minimum atomic E-state index is 0.817. The first-order valence-electron chi connectivity index (χ1n) is 7.64. The van der Waals surface area contributed by atoms with Crippen molar-refractivity contribution in [1.82, 2.24) is 19.8 Å². The summed E-state index contributed by atoms with van der Waals surface area (Å²) >= 11 is 1.82. The summed E-state index contributed by atoms with van der Waals surface area (Å²) in [6, 6.07) is 18.5. The molecule has 0 fully saturated rings. The Balaban J connectivity index is 2.03. The van der Waals surface area contributed by atoms with E-state index in [1.807, 2.05) is 46.6 Å². The number of rotatable bonds is 4. The molecule has 0 atom stereocenters. The number of fused-ring (bicyclic) bond motifs is 3. The van der Waals surface area contributed by atoms with Gasteiger partial charge in [0.05, 0.1) is 11.4 Å². The molecule has 4 rings (SSSR count). The van der Waals surface area contributed by atoms with Gasteiger partial charge in [-0.3, -0.25) is 0 Å². The molecular formula is C18H16N4S. The maximum Gasteiger partial charge on any atom is 0.185 e. The highest BCUT2D eigenvalue weighted by Crippen LogP contribution is 2.29. The van der Waals surface area contributed by atoms with E-state index < -0.39 is 0 Å². The van der Waals surface area contributed by atoms with E-state index in [4.69, 9.17) is 5.10 Å². The second-order valence-corrected chi connectivity index (χ2v) is 6.52. The normalized spacial score (nSPS) is 11.3. The van der Waals surface area contributed by atoms with Gasteiger partial charge in [-0.1, -0.05) is 61.5 Å². The largest absolute Gasteiger partial charge is 0.195 e. The number of aromatic nitrogens is 4. The zero-order chi connectivity index (χ0) is 15.6. The minimum Gasteiger partial charge on any atom is -0.195 e. The summed E-state index contributed by atoms with van der Waals surface area (Å²) < 4.78 is 1.90. The summed E-state index contributed by atoms with van der Waals surface area (Å²) in [6.07, 6.45) is 0. The fraction of sp³-hybridized carbons (Fsp3) is 0.167. The van der Waals surface area contributed by atoms with Gasteiger partial charge in [0.2, 0.25) is 0 Å². The standard InChI is InChI=1S/C18H16N4S/c1-2-23-12-16-19-20-18-15-11-7-6-10-14(15)17(21-22(16)18)13-8-4-3-5-9-13/h3-11H,2,12H2,1H3. The molecule has 4 nitrogen and oxygen atoms in total. The maximum atomic E-state index is 4.86. The molecule has 0 saturated heterocycles. The third-order valence-electron chi connectivity index (χ3n) is 3.81. The van der Waals surface area contributed by atoms with Crippen LogP contribution in [0.15, 0.2) is 54.6 Å². The van der Waals surface area contributed by atoms with Crippen molar-refractivity contribution in [1.29, 1.82) is 0 Å². The number of benzene rings is 2. The lowest BCUT2D eigenvalue weighted by Crippen LogP contribution is -2.01. The first-order chi connectivity index (χ1) is 11.4. The van der Waals surface area contributed by atoms with Crippen LogP contribution in [0.5, 0.6) is 0 Å². The first kappa shape index (κ1) is 14.2. The van der Waals surface area contributed by atoms with Crippen LogP contribution in [0.3, 0.4) is 0 Å². The van der Waals surface area contributed by atoms with Gasteiger partial charge in [0.1, 0.15) is 0 Å². The second-order valence-electron chi connectivity index (χ2n) is 5.25. The molecule has 0 radical (unpaired) electrons. The van der Waals surface area contributed by atoms with Crippen molar-refractivity contribution in [2.24, 2.45) is 0 Å². The van der Waals surface area contributed by atoms with Crippen LogP contribution < -0.4 is 0 Å². The zero-order valence-electron chi connectivity index (χ0n) is 12.8. The predicted octanol–water partition coefficient (Wildman–Crippen LogP) is 4.20. The third kappa shape index (κ3) is 2.47. The molecule has 0 amide bonds. The summed E-state index contributed by atoms with van der Waals surface area (Å²) in [7, 11) is 0. The molecule has 114 valence electrons.